The standard InChI is InChI=1S/C11H20FNO3/c1-8(2)9(13)10(14)16-7-11(12)3-5-15-6-4-11/h8-9H,3-7,13H2,1-2H3/t9-/m0/s1. The van der Waals surface area contributed by atoms with Crippen LogP contribution in [0.25, 0.3) is 0 Å². The lowest BCUT2D eigenvalue weighted by molar-refractivity contribution is -0.153. The molecule has 16 heavy (non-hydrogen) atoms. The van der Waals surface area contributed by atoms with Crippen molar-refractivity contribution in [3.63, 3.8) is 0 Å². The Morgan fingerprint density at radius 3 is 2.56 bits per heavy atom. The number of hydrogen-bond donors (Lipinski definition) is 1. The molecule has 0 saturated carbocycles. The summed E-state index contributed by atoms with van der Waals surface area (Å²) in [6, 6.07) is -0.677. The second-order valence-electron chi connectivity index (χ2n) is 4.64. The molecule has 0 aromatic heterocycles. The molecule has 1 heterocycles. The van der Waals surface area contributed by atoms with E-state index in [9.17, 15) is 9.18 Å². The Hall–Kier alpha value is -0.680. The molecule has 0 unspecified atom stereocenters. The zero-order valence-corrected chi connectivity index (χ0v) is 9.87. The minimum absolute atomic E-state index is 0.00208. The van der Waals surface area contributed by atoms with Gasteiger partial charge in [0.15, 0.2) is 0 Å². The number of esters is 1. The van der Waals surface area contributed by atoms with Gasteiger partial charge in [0.25, 0.3) is 0 Å². The van der Waals surface area contributed by atoms with Crippen LogP contribution in [-0.2, 0) is 14.3 Å². The van der Waals surface area contributed by atoms with Gasteiger partial charge in [-0.3, -0.25) is 4.79 Å². The first kappa shape index (κ1) is 13.4. The van der Waals surface area contributed by atoms with Crippen molar-refractivity contribution in [2.24, 2.45) is 11.7 Å². The molecule has 0 aromatic rings. The third-order valence-corrected chi connectivity index (χ3v) is 2.85. The van der Waals surface area contributed by atoms with E-state index in [4.69, 9.17) is 15.2 Å². The lowest BCUT2D eigenvalue weighted by Crippen LogP contribution is -2.42. The molecule has 0 radical (unpaired) electrons. The van der Waals surface area contributed by atoms with E-state index in [-0.39, 0.29) is 25.4 Å². The molecule has 4 nitrogen and oxygen atoms in total. The normalized spacial score (nSPS) is 21.8. The Morgan fingerprint density at radius 1 is 1.50 bits per heavy atom. The summed E-state index contributed by atoms with van der Waals surface area (Å²) in [5.41, 5.74) is 4.16. The van der Waals surface area contributed by atoms with Gasteiger partial charge in [-0.25, -0.2) is 4.39 Å². The largest absolute Gasteiger partial charge is 0.461 e. The SMILES string of the molecule is CC(C)[C@H](N)C(=O)OCC1(F)CCOCC1. The average molecular weight is 233 g/mol. The number of carbonyl (C=O) groups excluding carboxylic acids is 1. The highest BCUT2D eigenvalue weighted by Crippen LogP contribution is 2.25. The van der Waals surface area contributed by atoms with Crippen molar-refractivity contribution in [3.8, 4) is 0 Å². The van der Waals surface area contributed by atoms with Crippen LogP contribution >= 0.6 is 0 Å². The first-order valence-corrected chi connectivity index (χ1v) is 5.63. The Kier molecular flexibility index (Phi) is 4.68. The highest BCUT2D eigenvalue weighted by atomic mass is 19.1. The van der Waals surface area contributed by atoms with Crippen LogP contribution in [-0.4, -0.2) is 37.5 Å². The third-order valence-electron chi connectivity index (χ3n) is 2.85. The van der Waals surface area contributed by atoms with Crippen molar-refractivity contribution < 1.29 is 18.7 Å². The van der Waals surface area contributed by atoms with Gasteiger partial charge in [-0.05, 0) is 5.92 Å². The van der Waals surface area contributed by atoms with Gasteiger partial charge in [0.05, 0.1) is 0 Å². The first-order chi connectivity index (χ1) is 7.44. The maximum absolute atomic E-state index is 14.0. The van der Waals surface area contributed by atoms with Crippen molar-refractivity contribution in [2.45, 2.75) is 38.4 Å². The van der Waals surface area contributed by atoms with E-state index in [0.717, 1.165) is 0 Å². The van der Waals surface area contributed by atoms with Crippen molar-refractivity contribution >= 4 is 5.97 Å². The van der Waals surface area contributed by atoms with Gasteiger partial charge in [-0.15, -0.1) is 0 Å². The predicted molar refractivity (Wildman–Crippen MR) is 57.7 cm³/mol. The Labute approximate surface area is 95.3 Å². The van der Waals surface area contributed by atoms with Gasteiger partial charge in [0, 0.05) is 26.1 Å². The van der Waals surface area contributed by atoms with Gasteiger partial charge in [-0.1, -0.05) is 13.8 Å². The van der Waals surface area contributed by atoms with E-state index >= 15 is 0 Å². The van der Waals surface area contributed by atoms with E-state index in [0.29, 0.717) is 13.2 Å². The number of nitrogens with two attached hydrogens (primary N) is 1. The summed E-state index contributed by atoms with van der Waals surface area (Å²) >= 11 is 0. The molecule has 1 fully saturated rings. The number of alkyl halides is 1. The molecule has 0 aliphatic carbocycles. The van der Waals surface area contributed by atoms with Crippen LogP contribution in [0.2, 0.25) is 0 Å². The molecule has 94 valence electrons. The molecule has 0 bridgehead atoms. The molecule has 2 N–H and O–H groups in total. The summed E-state index contributed by atoms with van der Waals surface area (Å²) in [5, 5.41) is 0. The summed E-state index contributed by atoms with van der Waals surface area (Å²) < 4.78 is 24.0. The fraction of sp³-hybridized carbons (Fsp3) is 0.909. The minimum atomic E-state index is -1.44. The fourth-order valence-corrected chi connectivity index (χ4v) is 1.45. The topological polar surface area (TPSA) is 61.6 Å². The average Bonchev–Trinajstić information content (AvgIpc) is 2.26. The van der Waals surface area contributed by atoms with Crippen LogP contribution in [0.1, 0.15) is 26.7 Å². The molecule has 1 aliphatic heterocycles. The molecule has 1 aliphatic rings. The summed E-state index contributed by atoms with van der Waals surface area (Å²) in [4.78, 5) is 11.4. The van der Waals surface area contributed by atoms with Crippen LogP contribution in [0.4, 0.5) is 4.39 Å². The quantitative estimate of drug-likeness (QED) is 0.737. The molecule has 1 rings (SSSR count). The van der Waals surface area contributed by atoms with Gasteiger partial charge >= 0.3 is 5.97 Å². The van der Waals surface area contributed by atoms with Crippen molar-refractivity contribution in [1.29, 1.82) is 0 Å². The summed E-state index contributed by atoms with van der Waals surface area (Å²) in [5.74, 6) is -0.531. The second-order valence-corrected chi connectivity index (χ2v) is 4.64. The van der Waals surface area contributed by atoms with E-state index < -0.39 is 17.7 Å². The Bertz CT molecular complexity index is 239. The molecule has 1 atom stereocenters. The van der Waals surface area contributed by atoms with E-state index in [2.05, 4.69) is 0 Å². The molecular formula is C11H20FNO3. The molecule has 1 saturated heterocycles. The van der Waals surface area contributed by atoms with Crippen LogP contribution in [0.3, 0.4) is 0 Å². The highest BCUT2D eigenvalue weighted by Gasteiger charge is 2.34. The number of carbonyl (C=O) groups is 1. The third kappa shape index (κ3) is 3.72. The first-order valence-electron chi connectivity index (χ1n) is 5.63. The number of hydrogen-bond acceptors (Lipinski definition) is 4. The lowest BCUT2D eigenvalue weighted by Gasteiger charge is -2.29. The van der Waals surface area contributed by atoms with Crippen molar-refractivity contribution in [2.75, 3.05) is 19.8 Å². The molecular weight excluding hydrogens is 213 g/mol. The number of halogens is 1. The molecule has 5 heteroatoms. The molecule has 0 spiro atoms. The smallest absolute Gasteiger partial charge is 0.323 e. The maximum Gasteiger partial charge on any atom is 0.323 e. The number of rotatable bonds is 4. The predicted octanol–water partition coefficient (Wildman–Crippen LogP) is 1.03. The summed E-state index contributed by atoms with van der Waals surface area (Å²) in [6.07, 6.45) is 0.550. The summed E-state index contributed by atoms with van der Waals surface area (Å²) in [7, 11) is 0. The van der Waals surface area contributed by atoms with Crippen LogP contribution in [0.5, 0.6) is 0 Å². The van der Waals surface area contributed by atoms with E-state index in [1.54, 1.807) is 0 Å². The highest BCUT2D eigenvalue weighted by molar-refractivity contribution is 5.75. The van der Waals surface area contributed by atoms with Crippen LogP contribution < -0.4 is 5.73 Å². The molecule has 0 amide bonds. The molecule has 0 aromatic carbocycles. The maximum atomic E-state index is 14.0. The monoisotopic (exact) mass is 233 g/mol. The van der Waals surface area contributed by atoms with E-state index in [1.807, 2.05) is 13.8 Å². The lowest BCUT2D eigenvalue weighted by atomic mass is 9.97. The van der Waals surface area contributed by atoms with Gasteiger partial charge in [0.2, 0.25) is 0 Å². The Morgan fingerprint density at radius 2 is 2.06 bits per heavy atom. The van der Waals surface area contributed by atoms with Crippen molar-refractivity contribution in [1.82, 2.24) is 0 Å². The zero-order chi connectivity index (χ0) is 12.2. The van der Waals surface area contributed by atoms with E-state index in [1.165, 1.54) is 0 Å². The van der Waals surface area contributed by atoms with Crippen molar-refractivity contribution in [3.05, 3.63) is 0 Å². The van der Waals surface area contributed by atoms with Gasteiger partial charge in [-0.2, -0.15) is 0 Å². The minimum Gasteiger partial charge on any atom is -0.461 e. The number of ether oxygens (including phenoxy) is 2. The fourth-order valence-electron chi connectivity index (χ4n) is 1.45. The van der Waals surface area contributed by atoms with Crippen LogP contribution in [0, 0.1) is 5.92 Å². The van der Waals surface area contributed by atoms with Crippen LogP contribution in [0.15, 0.2) is 0 Å². The van der Waals surface area contributed by atoms with Gasteiger partial charge < -0.3 is 15.2 Å². The Balaban J connectivity index is 2.35. The zero-order valence-electron chi connectivity index (χ0n) is 9.87. The summed E-state index contributed by atoms with van der Waals surface area (Å²) in [6.45, 7) is 4.20. The van der Waals surface area contributed by atoms with Gasteiger partial charge in [0.1, 0.15) is 18.3 Å². The second kappa shape index (κ2) is 5.59.